The van der Waals surface area contributed by atoms with Crippen LogP contribution in [0.4, 0.5) is 13.2 Å². The molecule has 0 N–H and O–H groups in total. The Kier molecular flexibility index (Phi) is 8.06. The van der Waals surface area contributed by atoms with E-state index in [1.165, 1.54) is 7.11 Å². The molecule has 2 heterocycles. The van der Waals surface area contributed by atoms with Gasteiger partial charge in [-0.3, -0.25) is 4.79 Å². The van der Waals surface area contributed by atoms with Gasteiger partial charge in [-0.2, -0.15) is 13.2 Å². The summed E-state index contributed by atoms with van der Waals surface area (Å²) in [5, 5.41) is 4.19. The SMILES string of the molecule is COC(=O)C(F)(F)F.COC(=O)CC[n+]1ccc(-c2ncccn2)cn1. The zero-order chi connectivity index (χ0) is 19.6. The van der Waals surface area contributed by atoms with Crippen LogP contribution >= 0.6 is 0 Å². The number of aryl methyl sites for hydroxylation is 1. The summed E-state index contributed by atoms with van der Waals surface area (Å²) in [4.78, 5) is 28.7. The van der Waals surface area contributed by atoms with E-state index in [4.69, 9.17) is 0 Å². The summed E-state index contributed by atoms with van der Waals surface area (Å²) < 4.78 is 42.5. The van der Waals surface area contributed by atoms with Gasteiger partial charge in [0.1, 0.15) is 12.6 Å². The van der Waals surface area contributed by atoms with Crippen molar-refractivity contribution in [2.75, 3.05) is 14.2 Å². The maximum Gasteiger partial charge on any atom is 0.490 e. The summed E-state index contributed by atoms with van der Waals surface area (Å²) in [6.45, 7) is 0.489. The molecule has 0 spiro atoms. The number of aromatic nitrogens is 4. The van der Waals surface area contributed by atoms with Crippen LogP contribution < -0.4 is 4.68 Å². The van der Waals surface area contributed by atoms with Crippen molar-refractivity contribution < 1.29 is 36.9 Å². The molecule has 2 aromatic rings. The van der Waals surface area contributed by atoms with Gasteiger partial charge in [-0.05, 0) is 11.2 Å². The lowest BCUT2D eigenvalue weighted by molar-refractivity contribution is -0.752. The van der Waals surface area contributed by atoms with Gasteiger partial charge in [0.2, 0.25) is 0 Å². The van der Waals surface area contributed by atoms with Crippen molar-refractivity contribution in [3.63, 3.8) is 0 Å². The van der Waals surface area contributed by atoms with E-state index < -0.39 is 12.1 Å². The number of hydrogen-bond donors (Lipinski definition) is 0. The predicted molar refractivity (Wildman–Crippen MR) is 80.2 cm³/mol. The molecule has 0 fully saturated rings. The van der Waals surface area contributed by atoms with Crippen LogP contribution in [0.25, 0.3) is 11.4 Å². The fourth-order valence-corrected chi connectivity index (χ4v) is 1.52. The highest BCUT2D eigenvalue weighted by atomic mass is 19.4. The molecule has 0 radical (unpaired) electrons. The number of esters is 2. The second-order valence-electron chi connectivity index (χ2n) is 4.57. The Balaban J connectivity index is 0.000000359. The lowest BCUT2D eigenvalue weighted by Gasteiger charge is -1.99. The van der Waals surface area contributed by atoms with Gasteiger partial charge >= 0.3 is 18.1 Å². The predicted octanol–water partition coefficient (Wildman–Crippen LogP) is 1.11. The van der Waals surface area contributed by atoms with Gasteiger partial charge < -0.3 is 9.47 Å². The third-order valence-corrected chi connectivity index (χ3v) is 2.78. The van der Waals surface area contributed by atoms with E-state index in [-0.39, 0.29) is 5.97 Å². The minimum atomic E-state index is -4.85. The first-order valence-electron chi connectivity index (χ1n) is 7.13. The summed E-state index contributed by atoms with van der Waals surface area (Å²) in [5.74, 6) is -1.79. The molecule has 140 valence electrons. The Morgan fingerprint density at radius 2 is 1.81 bits per heavy atom. The average molecular weight is 373 g/mol. The Labute approximate surface area is 146 Å². The van der Waals surface area contributed by atoms with Crippen LogP contribution in [0.5, 0.6) is 0 Å². The highest BCUT2D eigenvalue weighted by Crippen LogP contribution is 2.15. The first kappa shape index (κ1) is 20.9. The first-order valence-corrected chi connectivity index (χ1v) is 7.13. The molecule has 2 aromatic heterocycles. The van der Waals surface area contributed by atoms with Crippen molar-refractivity contribution in [1.82, 2.24) is 15.1 Å². The summed E-state index contributed by atoms with van der Waals surface area (Å²) in [7, 11) is 2.05. The van der Waals surface area contributed by atoms with Crippen molar-refractivity contribution in [3.05, 3.63) is 36.9 Å². The molecule has 0 aliphatic carbocycles. The van der Waals surface area contributed by atoms with E-state index in [9.17, 15) is 22.8 Å². The lowest BCUT2D eigenvalue weighted by atomic mass is 10.3. The highest BCUT2D eigenvalue weighted by molar-refractivity contribution is 5.75. The van der Waals surface area contributed by atoms with Crippen LogP contribution in [-0.2, 0) is 25.6 Å². The molecular weight excluding hydrogens is 357 g/mol. The molecule has 0 aliphatic heterocycles. The average Bonchev–Trinajstić information content (AvgIpc) is 2.66. The largest absolute Gasteiger partial charge is 0.490 e. The Morgan fingerprint density at radius 1 is 1.15 bits per heavy atom. The molecule has 0 bridgehead atoms. The van der Waals surface area contributed by atoms with Gasteiger partial charge in [0.15, 0.2) is 18.6 Å². The van der Waals surface area contributed by atoms with Crippen LogP contribution in [0.1, 0.15) is 6.42 Å². The van der Waals surface area contributed by atoms with E-state index in [0.717, 1.165) is 5.56 Å². The van der Waals surface area contributed by atoms with Gasteiger partial charge in [-0.25, -0.2) is 14.8 Å². The molecule has 0 saturated heterocycles. The highest BCUT2D eigenvalue weighted by Gasteiger charge is 2.40. The zero-order valence-corrected chi connectivity index (χ0v) is 13.9. The minimum absolute atomic E-state index is 0.250. The summed E-state index contributed by atoms with van der Waals surface area (Å²) in [6, 6.07) is 3.62. The number of carbonyl (C=O) groups excluding carboxylic acids is 2. The Hall–Kier alpha value is -3.11. The maximum atomic E-state index is 11.0. The standard InChI is InChI=1S/C12H13N4O2.C3H3F3O2/c1-18-11(17)4-8-16-7-3-10(9-15-16)12-13-5-2-6-14-12;1-8-2(7)3(4,5)6/h2-3,5-7,9H,4,8H2,1H3;1H3/q+1;. The van der Waals surface area contributed by atoms with Gasteiger partial charge in [0, 0.05) is 24.0 Å². The number of hydrogen-bond acceptors (Lipinski definition) is 7. The molecule has 11 heteroatoms. The molecule has 0 amide bonds. The Morgan fingerprint density at radius 3 is 2.23 bits per heavy atom. The van der Waals surface area contributed by atoms with E-state index in [2.05, 4.69) is 24.5 Å². The molecule has 0 aromatic carbocycles. The number of carbonyl (C=O) groups is 2. The van der Waals surface area contributed by atoms with Crippen LogP contribution in [0.2, 0.25) is 0 Å². The number of halogens is 3. The molecular formula is C15H16F3N4O4+. The van der Waals surface area contributed by atoms with Crippen molar-refractivity contribution in [2.45, 2.75) is 19.1 Å². The van der Waals surface area contributed by atoms with Crippen molar-refractivity contribution in [1.29, 1.82) is 0 Å². The topological polar surface area (TPSA) is 95.2 Å². The van der Waals surface area contributed by atoms with Gasteiger partial charge in [0.05, 0.1) is 14.2 Å². The molecule has 8 nitrogen and oxygen atoms in total. The molecule has 2 rings (SSSR count). The fraction of sp³-hybridized carbons (Fsp3) is 0.333. The van der Waals surface area contributed by atoms with Gasteiger partial charge in [0.25, 0.3) is 0 Å². The Bertz CT molecular complexity index is 709. The van der Waals surface area contributed by atoms with E-state index in [1.807, 2.05) is 6.07 Å². The zero-order valence-electron chi connectivity index (χ0n) is 13.9. The second-order valence-corrected chi connectivity index (χ2v) is 4.57. The lowest BCUT2D eigenvalue weighted by Crippen LogP contribution is -2.38. The van der Waals surface area contributed by atoms with Crippen LogP contribution in [-0.4, -0.2) is 47.4 Å². The van der Waals surface area contributed by atoms with E-state index >= 15 is 0 Å². The molecule has 0 unspecified atom stereocenters. The van der Waals surface area contributed by atoms with Crippen LogP contribution in [0.3, 0.4) is 0 Å². The number of alkyl halides is 3. The minimum Gasteiger partial charge on any atom is -0.469 e. The smallest absolute Gasteiger partial charge is 0.469 e. The quantitative estimate of drug-likeness (QED) is 0.585. The summed E-state index contributed by atoms with van der Waals surface area (Å²) in [5.41, 5.74) is 0.838. The number of nitrogens with zero attached hydrogens (tertiary/aromatic N) is 4. The van der Waals surface area contributed by atoms with Gasteiger partial charge in [-0.1, -0.05) is 4.68 Å². The third-order valence-electron chi connectivity index (χ3n) is 2.78. The fourth-order valence-electron chi connectivity index (χ4n) is 1.52. The molecule has 0 atom stereocenters. The monoisotopic (exact) mass is 373 g/mol. The molecule has 0 aliphatic rings. The second kappa shape index (κ2) is 10.0. The number of ether oxygens (including phenoxy) is 2. The van der Waals surface area contributed by atoms with E-state index in [1.54, 1.807) is 35.5 Å². The van der Waals surface area contributed by atoms with Crippen molar-refractivity contribution in [3.8, 4) is 11.4 Å². The van der Waals surface area contributed by atoms with E-state index in [0.29, 0.717) is 25.9 Å². The number of methoxy groups -OCH3 is 2. The van der Waals surface area contributed by atoms with Crippen molar-refractivity contribution >= 4 is 11.9 Å². The molecule has 0 saturated carbocycles. The number of rotatable bonds is 4. The first-order chi connectivity index (χ1) is 12.3. The van der Waals surface area contributed by atoms with Crippen LogP contribution in [0.15, 0.2) is 36.9 Å². The summed E-state index contributed by atoms with van der Waals surface area (Å²) in [6.07, 6.45) is 2.27. The third kappa shape index (κ3) is 7.20. The van der Waals surface area contributed by atoms with Gasteiger partial charge in [-0.15, -0.1) is 0 Å². The van der Waals surface area contributed by atoms with Crippen molar-refractivity contribution in [2.24, 2.45) is 0 Å². The molecule has 26 heavy (non-hydrogen) atoms. The van der Waals surface area contributed by atoms with Crippen LogP contribution in [0, 0.1) is 0 Å². The normalized spacial score (nSPS) is 10.3. The summed E-state index contributed by atoms with van der Waals surface area (Å²) >= 11 is 0. The maximum absolute atomic E-state index is 11.0.